The Morgan fingerprint density at radius 2 is 1.48 bits per heavy atom. The SMILES string of the molecule is CC1(COCC2(C)C(CO)OC(O)C(N)[C@]2(C)O)CC(CO)C(C)(COCC2(C)OC(CO)C(O)[C@@](C)(O)C2N)[C@@](C)(O)C1NCc1ccc(O)c(C(=O)O)c1. The lowest BCUT2D eigenvalue weighted by Gasteiger charge is -2.62. The van der Waals surface area contributed by atoms with E-state index in [1.165, 1.54) is 32.0 Å². The minimum absolute atomic E-state index is 0.0258. The van der Waals surface area contributed by atoms with Gasteiger partial charge in [0.25, 0.3) is 0 Å². The summed E-state index contributed by atoms with van der Waals surface area (Å²) >= 11 is 0. The number of carboxylic acids is 1. The van der Waals surface area contributed by atoms with Gasteiger partial charge in [-0.25, -0.2) is 4.79 Å². The second-order valence-electron chi connectivity index (χ2n) is 17.8. The Kier molecular flexibility index (Phi) is 13.7. The van der Waals surface area contributed by atoms with E-state index in [4.69, 9.17) is 30.4 Å². The van der Waals surface area contributed by atoms with Crippen LogP contribution in [0.2, 0.25) is 0 Å². The van der Waals surface area contributed by atoms with Gasteiger partial charge in [0.15, 0.2) is 6.29 Å². The number of aromatic carboxylic acids is 1. The Morgan fingerprint density at radius 3 is 2.05 bits per heavy atom. The molecule has 18 nitrogen and oxygen atoms in total. The van der Waals surface area contributed by atoms with Gasteiger partial charge in [-0.1, -0.05) is 26.8 Å². The van der Waals surface area contributed by atoms with Crippen molar-refractivity contribution in [3.05, 3.63) is 29.3 Å². The van der Waals surface area contributed by atoms with E-state index in [0.717, 1.165) is 0 Å². The number of nitrogens with one attached hydrogen (secondary N) is 1. The standard InChI is InChI=1S/C38H65N3O15/c1-32(16-53-18-34(3)25(15-44)55-29(49)26(39)37(34,6)51)11-21(13-42)33(2,17-54-19-35(4)30(40)36(5,50)27(46)24(14-43)56-35)38(7,52)31(32)41-12-20-8-9-23(45)22(10-20)28(47)48/h8-10,21,24-27,29-31,41-46,49-52H,11-19,39-40H2,1-7H3,(H,47,48)/t21?,24?,25?,26?,27?,29?,30?,31?,32?,33?,34?,35?,36-,37+,38+/m1/s1. The van der Waals surface area contributed by atoms with E-state index in [1.54, 1.807) is 27.7 Å². The van der Waals surface area contributed by atoms with E-state index in [-0.39, 0.29) is 45.0 Å². The Hall–Kier alpha value is -2.11. The number of nitrogens with two attached hydrogens (primary N) is 2. The van der Waals surface area contributed by atoms with Gasteiger partial charge >= 0.3 is 5.97 Å². The third-order valence-corrected chi connectivity index (χ3v) is 13.8. The van der Waals surface area contributed by atoms with Crippen LogP contribution in [-0.2, 0) is 25.5 Å². The van der Waals surface area contributed by atoms with Crippen LogP contribution in [0.1, 0.15) is 70.8 Å². The molecular weight excluding hydrogens is 738 g/mol. The van der Waals surface area contributed by atoms with Crippen LogP contribution in [0.15, 0.2) is 18.2 Å². The van der Waals surface area contributed by atoms with Crippen LogP contribution >= 0.6 is 0 Å². The number of carbonyl (C=O) groups is 1. The van der Waals surface area contributed by atoms with Gasteiger partial charge in [-0.15, -0.1) is 0 Å². The lowest BCUT2D eigenvalue weighted by Crippen LogP contribution is -2.74. The first kappa shape index (κ1) is 46.6. The summed E-state index contributed by atoms with van der Waals surface area (Å²) < 4.78 is 24.1. The summed E-state index contributed by atoms with van der Waals surface area (Å²) in [4.78, 5) is 11.8. The number of aliphatic hydroxyl groups excluding tert-OH is 5. The quantitative estimate of drug-likeness (QED) is 0.0890. The molecule has 1 saturated carbocycles. The molecule has 0 aromatic heterocycles. The van der Waals surface area contributed by atoms with Gasteiger partial charge in [-0.05, 0) is 57.7 Å². The second kappa shape index (κ2) is 16.5. The minimum atomic E-state index is -1.85. The van der Waals surface area contributed by atoms with Gasteiger partial charge in [0, 0.05) is 35.4 Å². The molecule has 4 rings (SSSR count). The van der Waals surface area contributed by atoms with Crippen LogP contribution in [0, 0.1) is 22.2 Å². The molecule has 1 aromatic rings. The van der Waals surface area contributed by atoms with Crippen molar-refractivity contribution in [2.24, 2.45) is 33.6 Å². The molecule has 12 unspecified atom stereocenters. The minimum Gasteiger partial charge on any atom is -0.507 e. The number of aromatic hydroxyl groups is 1. The van der Waals surface area contributed by atoms with Crippen LogP contribution in [0.3, 0.4) is 0 Å². The van der Waals surface area contributed by atoms with E-state index >= 15 is 0 Å². The number of aliphatic hydroxyl groups is 8. The largest absolute Gasteiger partial charge is 0.507 e. The van der Waals surface area contributed by atoms with Crippen LogP contribution in [0.25, 0.3) is 0 Å². The molecule has 2 heterocycles. The molecule has 0 amide bonds. The first-order valence-electron chi connectivity index (χ1n) is 18.9. The first-order chi connectivity index (χ1) is 25.7. The zero-order valence-corrected chi connectivity index (χ0v) is 33.4. The Labute approximate surface area is 327 Å². The van der Waals surface area contributed by atoms with Crippen molar-refractivity contribution in [1.82, 2.24) is 5.32 Å². The van der Waals surface area contributed by atoms with E-state index in [1.807, 2.05) is 6.92 Å². The van der Waals surface area contributed by atoms with Crippen molar-refractivity contribution >= 4 is 5.97 Å². The predicted molar refractivity (Wildman–Crippen MR) is 199 cm³/mol. The first-order valence-corrected chi connectivity index (χ1v) is 18.9. The van der Waals surface area contributed by atoms with Crippen molar-refractivity contribution in [3.63, 3.8) is 0 Å². The molecule has 322 valence electrons. The number of hydrogen-bond donors (Lipinski definition) is 13. The highest BCUT2D eigenvalue weighted by atomic mass is 16.6. The molecule has 0 spiro atoms. The van der Waals surface area contributed by atoms with E-state index in [2.05, 4.69) is 5.32 Å². The van der Waals surface area contributed by atoms with Crippen molar-refractivity contribution in [2.45, 2.75) is 127 Å². The predicted octanol–water partition coefficient (Wildman–Crippen LogP) is -2.26. The van der Waals surface area contributed by atoms with Crippen LogP contribution in [-0.4, -0.2) is 168 Å². The summed E-state index contributed by atoms with van der Waals surface area (Å²) in [6.07, 6.45) is -5.00. The van der Waals surface area contributed by atoms with E-state index in [9.17, 15) is 55.9 Å². The summed E-state index contributed by atoms with van der Waals surface area (Å²) in [5, 5.41) is 110. The summed E-state index contributed by atoms with van der Waals surface area (Å²) in [6, 6.07) is 0.847. The Bertz CT molecular complexity index is 1530. The Balaban J connectivity index is 1.66. The fourth-order valence-corrected chi connectivity index (χ4v) is 9.29. The van der Waals surface area contributed by atoms with Gasteiger partial charge in [0.05, 0.1) is 69.0 Å². The fourth-order valence-electron chi connectivity index (χ4n) is 9.29. The number of ether oxygens (including phenoxy) is 4. The molecule has 1 aromatic carbocycles. The van der Waals surface area contributed by atoms with Gasteiger partial charge in [-0.2, -0.15) is 0 Å². The molecule has 15 N–H and O–H groups in total. The highest BCUT2D eigenvalue weighted by Crippen LogP contribution is 2.55. The van der Waals surface area contributed by atoms with E-state index in [0.29, 0.717) is 5.56 Å². The van der Waals surface area contributed by atoms with Crippen LogP contribution < -0.4 is 16.8 Å². The van der Waals surface area contributed by atoms with Crippen LogP contribution in [0.5, 0.6) is 5.75 Å². The lowest BCUT2D eigenvalue weighted by molar-refractivity contribution is -0.304. The molecule has 2 aliphatic heterocycles. The van der Waals surface area contributed by atoms with Gasteiger partial charge in [-0.3, -0.25) is 0 Å². The molecule has 0 bridgehead atoms. The maximum absolute atomic E-state index is 12.8. The summed E-state index contributed by atoms with van der Waals surface area (Å²) in [6.45, 7) is 8.97. The highest BCUT2D eigenvalue weighted by molar-refractivity contribution is 5.90. The zero-order valence-electron chi connectivity index (χ0n) is 33.4. The van der Waals surface area contributed by atoms with E-state index < -0.39 is 119 Å². The third kappa shape index (κ3) is 7.97. The van der Waals surface area contributed by atoms with Gasteiger partial charge in [0.1, 0.15) is 34.7 Å². The highest BCUT2D eigenvalue weighted by Gasteiger charge is 2.64. The Morgan fingerprint density at radius 1 is 0.875 bits per heavy atom. The number of benzene rings is 1. The summed E-state index contributed by atoms with van der Waals surface area (Å²) in [5.74, 6) is -2.38. The molecule has 2 saturated heterocycles. The fraction of sp³-hybridized carbons (Fsp3) is 0.816. The van der Waals surface area contributed by atoms with Crippen molar-refractivity contribution < 1.29 is 74.8 Å². The van der Waals surface area contributed by atoms with Crippen molar-refractivity contribution in [1.29, 1.82) is 0 Å². The number of hydrogen-bond acceptors (Lipinski definition) is 17. The topological polar surface area (TPSA) is 320 Å². The molecule has 0 radical (unpaired) electrons. The summed E-state index contributed by atoms with van der Waals surface area (Å²) in [5.41, 5.74) is 2.42. The molecule has 18 heteroatoms. The van der Waals surface area contributed by atoms with Crippen LogP contribution in [0.4, 0.5) is 0 Å². The molecular formula is C38H65N3O15. The molecule has 1 aliphatic carbocycles. The zero-order chi connectivity index (χ0) is 42.4. The monoisotopic (exact) mass is 803 g/mol. The average molecular weight is 804 g/mol. The van der Waals surface area contributed by atoms with Gasteiger partial charge in [0.2, 0.25) is 0 Å². The van der Waals surface area contributed by atoms with Crippen molar-refractivity contribution in [3.8, 4) is 5.75 Å². The molecule has 56 heavy (non-hydrogen) atoms. The molecule has 15 atom stereocenters. The normalized spacial score (nSPS) is 45.8. The van der Waals surface area contributed by atoms with Crippen molar-refractivity contribution in [2.75, 3.05) is 46.2 Å². The number of phenols is 1. The summed E-state index contributed by atoms with van der Waals surface area (Å²) in [7, 11) is 0. The second-order valence-corrected chi connectivity index (χ2v) is 17.8. The lowest BCUT2D eigenvalue weighted by atomic mass is 9.50. The number of rotatable bonds is 15. The van der Waals surface area contributed by atoms with Gasteiger partial charge < -0.3 is 86.8 Å². The molecule has 3 aliphatic rings. The maximum Gasteiger partial charge on any atom is 0.339 e. The maximum atomic E-state index is 12.8. The average Bonchev–Trinajstić information content (AvgIpc) is 3.12. The number of carboxylic acid groups (broad SMARTS) is 1. The smallest absolute Gasteiger partial charge is 0.339 e. The third-order valence-electron chi connectivity index (χ3n) is 13.8. The molecule has 3 fully saturated rings.